The van der Waals surface area contributed by atoms with E-state index in [1.54, 1.807) is 0 Å². The minimum atomic E-state index is -0.0459. The van der Waals surface area contributed by atoms with Crippen LogP contribution >= 0.6 is 0 Å². The van der Waals surface area contributed by atoms with Crippen molar-refractivity contribution < 1.29 is 0 Å². The zero-order valence-corrected chi connectivity index (χ0v) is 21.4. The van der Waals surface area contributed by atoms with Crippen molar-refractivity contribution in [1.82, 2.24) is 4.57 Å². The first-order valence-corrected chi connectivity index (χ1v) is 12.8. The van der Waals surface area contributed by atoms with Gasteiger partial charge in [0.2, 0.25) is 0 Å². The number of para-hydroxylation sites is 1. The van der Waals surface area contributed by atoms with Gasteiger partial charge in [-0.1, -0.05) is 94.1 Å². The molecule has 0 amide bonds. The molecule has 1 aromatic heterocycles. The number of hydrogen-bond donors (Lipinski definition) is 0. The van der Waals surface area contributed by atoms with Crippen molar-refractivity contribution in [3.8, 4) is 5.69 Å². The minimum Gasteiger partial charge on any atom is -0.310 e. The van der Waals surface area contributed by atoms with E-state index in [0.717, 1.165) is 19.3 Å². The summed E-state index contributed by atoms with van der Waals surface area (Å²) in [7, 11) is 0. The molecular formula is C34H35N. The summed E-state index contributed by atoms with van der Waals surface area (Å²) in [5.41, 5.74) is 12.4. The number of rotatable bonds is 6. The number of allylic oxidation sites excluding steroid dienone is 10. The molecule has 0 unspecified atom stereocenters. The Kier molecular flexibility index (Phi) is 6.11. The summed E-state index contributed by atoms with van der Waals surface area (Å²) in [6, 6.07) is 15.4. The van der Waals surface area contributed by atoms with E-state index in [9.17, 15) is 0 Å². The molecule has 0 bridgehead atoms. The van der Waals surface area contributed by atoms with Crippen molar-refractivity contribution >= 4 is 22.6 Å². The third kappa shape index (κ3) is 3.71. The summed E-state index contributed by atoms with van der Waals surface area (Å²) in [6.45, 7) is 13.4. The Morgan fingerprint density at radius 3 is 2.46 bits per heavy atom. The number of hydrogen-bond acceptors (Lipinski definition) is 0. The molecule has 3 aromatic rings. The Labute approximate surface area is 210 Å². The van der Waals surface area contributed by atoms with Crippen molar-refractivity contribution in [3.63, 3.8) is 0 Å². The summed E-state index contributed by atoms with van der Waals surface area (Å²) in [5, 5.41) is 1.42. The van der Waals surface area contributed by atoms with Crippen molar-refractivity contribution in [3.05, 3.63) is 125 Å². The Morgan fingerprint density at radius 1 is 0.971 bits per heavy atom. The lowest BCUT2D eigenvalue weighted by Gasteiger charge is -2.26. The van der Waals surface area contributed by atoms with Crippen LogP contribution in [0.15, 0.2) is 103 Å². The predicted octanol–water partition coefficient (Wildman–Crippen LogP) is 9.29. The van der Waals surface area contributed by atoms with Crippen LogP contribution in [0.5, 0.6) is 0 Å². The quantitative estimate of drug-likeness (QED) is 0.325. The number of aromatic nitrogens is 1. The maximum absolute atomic E-state index is 4.22. The summed E-state index contributed by atoms with van der Waals surface area (Å²) in [5.74, 6) is 0. The van der Waals surface area contributed by atoms with Crippen molar-refractivity contribution in [2.75, 3.05) is 0 Å². The van der Waals surface area contributed by atoms with Crippen LogP contribution in [-0.2, 0) is 11.8 Å². The Hall–Kier alpha value is -3.58. The SMILES string of the molecule is C=Cc1c(CC)c2c3c(ccc2n1-c1ccccc1)C1=C(C=C(/C=C/C=C\C=C/C)CC1)C3(C)C. The fourth-order valence-electron chi connectivity index (χ4n) is 6.08. The molecule has 0 radical (unpaired) electrons. The van der Waals surface area contributed by atoms with Crippen LogP contribution < -0.4 is 0 Å². The zero-order valence-electron chi connectivity index (χ0n) is 21.4. The maximum atomic E-state index is 4.22. The molecule has 0 fully saturated rings. The van der Waals surface area contributed by atoms with Crippen LogP contribution in [0.2, 0.25) is 0 Å². The molecule has 2 aliphatic rings. The van der Waals surface area contributed by atoms with E-state index in [1.165, 1.54) is 55.7 Å². The zero-order chi connectivity index (χ0) is 24.6. The number of nitrogens with zero attached hydrogens (tertiary/aromatic N) is 1. The number of aryl methyl sites for hydroxylation is 1. The highest BCUT2D eigenvalue weighted by molar-refractivity contribution is 6.00. The average molecular weight is 458 g/mol. The molecule has 2 aliphatic carbocycles. The molecule has 5 rings (SSSR count). The van der Waals surface area contributed by atoms with Crippen LogP contribution in [0.25, 0.3) is 28.2 Å². The van der Waals surface area contributed by atoms with E-state index in [0.29, 0.717) is 0 Å². The van der Waals surface area contributed by atoms with E-state index < -0.39 is 0 Å². The van der Waals surface area contributed by atoms with Crippen LogP contribution in [0.3, 0.4) is 0 Å². The molecule has 0 spiro atoms. The molecule has 2 aromatic carbocycles. The second-order valence-corrected chi connectivity index (χ2v) is 9.98. The predicted molar refractivity (Wildman–Crippen MR) is 153 cm³/mol. The summed E-state index contributed by atoms with van der Waals surface area (Å²) in [4.78, 5) is 0. The van der Waals surface area contributed by atoms with Gasteiger partial charge < -0.3 is 4.57 Å². The average Bonchev–Trinajstić information content (AvgIpc) is 3.32. The monoisotopic (exact) mass is 457 g/mol. The molecule has 0 aliphatic heterocycles. The second kappa shape index (κ2) is 9.23. The molecule has 1 heteroatoms. The standard InChI is InChI=1S/C34H35N/c1-6-9-10-11-13-16-24-19-20-27-28-21-22-31-32(33(28)34(4,5)29(27)23-24)26(7-2)30(8-3)35(31)25-17-14-12-15-18-25/h6,8-18,21-23H,3,7,19-20H2,1-2,4-5H3/b9-6-,11-10-,16-13+. The van der Waals surface area contributed by atoms with Crippen LogP contribution in [0.4, 0.5) is 0 Å². The van der Waals surface area contributed by atoms with E-state index in [2.05, 4.69) is 111 Å². The second-order valence-electron chi connectivity index (χ2n) is 9.98. The maximum Gasteiger partial charge on any atom is 0.0541 e. The first kappa shape index (κ1) is 23.2. The summed E-state index contributed by atoms with van der Waals surface area (Å²) >= 11 is 0. The molecule has 0 N–H and O–H groups in total. The molecule has 1 heterocycles. The van der Waals surface area contributed by atoms with Gasteiger partial charge in [-0.25, -0.2) is 0 Å². The molecular weight excluding hydrogens is 422 g/mol. The van der Waals surface area contributed by atoms with Crippen LogP contribution in [-0.4, -0.2) is 4.57 Å². The number of fused-ring (bicyclic) bond motifs is 4. The third-order valence-electron chi connectivity index (χ3n) is 7.62. The van der Waals surface area contributed by atoms with Gasteiger partial charge in [0, 0.05) is 22.2 Å². The highest BCUT2D eigenvalue weighted by Crippen LogP contribution is 2.54. The van der Waals surface area contributed by atoms with E-state index in [1.807, 2.05) is 19.1 Å². The summed E-state index contributed by atoms with van der Waals surface area (Å²) in [6.07, 6.45) is 20.4. The van der Waals surface area contributed by atoms with Crippen molar-refractivity contribution in [2.45, 2.75) is 52.4 Å². The highest BCUT2D eigenvalue weighted by Gasteiger charge is 2.40. The number of benzene rings is 2. The normalized spacial score (nSPS) is 17.1. The Bertz CT molecular complexity index is 1450. The molecule has 1 nitrogen and oxygen atoms in total. The van der Waals surface area contributed by atoms with Crippen molar-refractivity contribution in [1.29, 1.82) is 0 Å². The Morgan fingerprint density at radius 2 is 1.74 bits per heavy atom. The molecule has 0 saturated heterocycles. The van der Waals surface area contributed by atoms with Gasteiger partial charge in [0.25, 0.3) is 0 Å². The van der Waals surface area contributed by atoms with Gasteiger partial charge in [-0.2, -0.15) is 0 Å². The molecule has 176 valence electrons. The topological polar surface area (TPSA) is 4.93 Å². The largest absolute Gasteiger partial charge is 0.310 e. The van der Waals surface area contributed by atoms with E-state index >= 15 is 0 Å². The lowest BCUT2D eigenvalue weighted by atomic mass is 9.77. The van der Waals surface area contributed by atoms with Gasteiger partial charge in [-0.15, -0.1) is 0 Å². The van der Waals surface area contributed by atoms with Gasteiger partial charge in [-0.05, 0) is 83.9 Å². The van der Waals surface area contributed by atoms with Gasteiger partial charge in [-0.3, -0.25) is 0 Å². The van der Waals surface area contributed by atoms with Crippen molar-refractivity contribution in [2.24, 2.45) is 0 Å². The Balaban J connectivity index is 1.69. The molecule has 0 saturated carbocycles. The van der Waals surface area contributed by atoms with Crippen LogP contribution in [0.1, 0.15) is 62.9 Å². The highest BCUT2D eigenvalue weighted by atomic mass is 15.0. The van der Waals surface area contributed by atoms with E-state index in [4.69, 9.17) is 0 Å². The minimum absolute atomic E-state index is 0.0459. The fraction of sp³-hybridized carbons (Fsp3) is 0.235. The van der Waals surface area contributed by atoms with Gasteiger partial charge in [0.1, 0.15) is 0 Å². The first-order chi connectivity index (χ1) is 17.0. The lowest BCUT2D eigenvalue weighted by Crippen LogP contribution is -2.18. The first-order valence-electron chi connectivity index (χ1n) is 12.8. The van der Waals surface area contributed by atoms with Gasteiger partial charge in [0.15, 0.2) is 0 Å². The van der Waals surface area contributed by atoms with Gasteiger partial charge >= 0.3 is 0 Å². The van der Waals surface area contributed by atoms with Gasteiger partial charge in [0.05, 0.1) is 5.52 Å². The van der Waals surface area contributed by atoms with Crippen LogP contribution in [0, 0.1) is 0 Å². The smallest absolute Gasteiger partial charge is 0.0541 e. The third-order valence-corrected chi connectivity index (χ3v) is 7.62. The molecule has 0 atom stereocenters. The van der Waals surface area contributed by atoms with E-state index in [-0.39, 0.29) is 5.41 Å². The molecule has 35 heavy (non-hydrogen) atoms. The lowest BCUT2D eigenvalue weighted by molar-refractivity contribution is 0.655. The fourth-order valence-corrected chi connectivity index (χ4v) is 6.08. The summed E-state index contributed by atoms with van der Waals surface area (Å²) < 4.78 is 2.40.